The number of benzene rings is 1. The Morgan fingerprint density at radius 1 is 1.56 bits per heavy atom. The summed E-state index contributed by atoms with van der Waals surface area (Å²) in [7, 11) is 0. The number of hydrogen-bond acceptors (Lipinski definition) is 4. The van der Waals surface area contributed by atoms with Gasteiger partial charge >= 0.3 is 0 Å². The Morgan fingerprint density at radius 2 is 2.31 bits per heavy atom. The number of nitro benzene ring substituents is 1. The maximum Gasteiger partial charge on any atom is 0.293 e. The van der Waals surface area contributed by atoms with E-state index in [1.165, 1.54) is 6.07 Å². The van der Waals surface area contributed by atoms with E-state index in [1.807, 2.05) is 11.0 Å². The maximum atomic E-state index is 10.9. The van der Waals surface area contributed by atoms with E-state index < -0.39 is 0 Å². The largest absolute Gasteiger partial charge is 0.364 e. The first-order chi connectivity index (χ1) is 7.58. The van der Waals surface area contributed by atoms with Gasteiger partial charge in [0.15, 0.2) is 0 Å². The van der Waals surface area contributed by atoms with Crippen molar-refractivity contribution in [3.8, 4) is 0 Å². The van der Waals surface area contributed by atoms with Crippen LogP contribution in [0, 0.1) is 10.1 Å². The van der Waals surface area contributed by atoms with Crippen molar-refractivity contribution in [1.82, 2.24) is 0 Å². The first kappa shape index (κ1) is 11.3. The van der Waals surface area contributed by atoms with E-state index in [1.54, 1.807) is 6.07 Å². The molecule has 0 spiro atoms. The quantitative estimate of drug-likeness (QED) is 0.665. The van der Waals surface area contributed by atoms with Gasteiger partial charge in [-0.25, -0.2) is 0 Å². The molecule has 0 radical (unpaired) electrons. The van der Waals surface area contributed by atoms with Crippen LogP contribution in [0.1, 0.15) is 6.42 Å². The summed E-state index contributed by atoms with van der Waals surface area (Å²) in [4.78, 5) is 12.5. The van der Waals surface area contributed by atoms with Crippen LogP contribution in [0.4, 0.5) is 11.4 Å². The van der Waals surface area contributed by atoms with E-state index in [4.69, 9.17) is 5.73 Å². The van der Waals surface area contributed by atoms with Crippen molar-refractivity contribution in [2.45, 2.75) is 12.5 Å². The van der Waals surface area contributed by atoms with Gasteiger partial charge in [-0.05, 0) is 18.6 Å². The van der Waals surface area contributed by atoms with Crippen LogP contribution in [0.25, 0.3) is 0 Å². The van der Waals surface area contributed by atoms with Gasteiger partial charge in [0.05, 0.1) is 4.92 Å². The molecule has 2 N–H and O–H groups in total. The monoisotopic (exact) mass is 285 g/mol. The van der Waals surface area contributed by atoms with Crippen molar-refractivity contribution < 1.29 is 4.92 Å². The third-order valence-electron chi connectivity index (χ3n) is 2.70. The van der Waals surface area contributed by atoms with Crippen LogP contribution in [0.5, 0.6) is 0 Å². The summed E-state index contributed by atoms with van der Waals surface area (Å²) in [6.07, 6.45) is 0.882. The van der Waals surface area contributed by atoms with Crippen LogP contribution in [0.3, 0.4) is 0 Å². The molecule has 0 aromatic heterocycles. The highest BCUT2D eigenvalue weighted by molar-refractivity contribution is 9.10. The third kappa shape index (κ3) is 2.17. The Morgan fingerprint density at radius 3 is 2.88 bits per heavy atom. The van der Waals surface area contributed by atoms with Crippen LogP contribution in [-0.2, 0) is 0 Å². The predicted octanol–water partition coefficient (Wildman–Crippen LogP) is 1.89. The Balaban J connectivity index is 2.36. The number of halogens is 1. The molecule has 1 aliphatic heterocycles. The average molecular weight is 286 g/mol. The number of hydrogen-bond donors (Lipinski definition) is 1. The maximum absolute atomic E-state index is 10.9. The summed E-state index contributed by atoms with van der Waals surface area (Å²) in [5.41, 5.74) is 6.58. The van der Waals surface area contributed by atoms with Gasteiger partial charge in [0.2, 0.25) is 0 Å². The fourth-order valence-electron chi connectivity index (χ4n) is 1.92. The van der Waals surface area contributed by atoms with Crippen LogP contribution in [-0.4, -0.2) is 24.1 Å². The van der Waals surface area contributed by atoms with Crippen molar-refractivity contribution >= 4 is 27.3 Å². The topological polar surface area (TPSA) is 72.4 Å². The zero-order valence-electron chi connectivity index (χ0n) is 8.60. The van der Waals surface area contributed by atoms with Gasteiger partial charge in [0.1, 0.15) is 5.69 Å². The van der Waals surface area contributed by atoms with Gasteiger partial charge in [-0.1, -0.05) is 15.9 Å². The Kier molecular flexibility index (Phi) is 3.11. The summed E-state index contributed by atoms with van der Waals surface area (Å²) in [5.74, 6) is 0. The number of nitro groups is 1. The SMILES string of the molecule is N[C@@H]1CCN(c2ccc(Br)cc2[N+](=O)[O-])C1. The predicted molar refractivity (Wildman–Crippen MR) is 65.6 cm³/mol. The third-order valence-corrected chi connectivity index (χ3v) is 3.19. The van der Waals surface area contributed by atoms with Gasteiger partial charge in [0, 0.05) is 29.7 Å². The van der Waals surface area contributed by atoms with Gasteiger partial charge in [-0.3, -0.25) is 10.1 Å². The van der Waals surface area contributed by atoms with E-state index >= 15 is 0 Å². The molecule has 1 aromatic carbocycles. The highest BCUT2D eigenvalue weighted by Gasteiger charge is 2.25. The first-order valence-corrected chi connectivity index (χ1v) is 5.81. The molecule has 1 aliphatic rings. The second-order valence-corrected chi connectivity index (χ2v) is 4.80. The minimum absolute atomic E-state index is 0.114. The molecular weight excluding hydrogens is 274 g/mol. The average Bonchev–Trinajstić information content (AvgIpc) is 2.64. The number of nitrogens with two attached hydrogens (primary N) is 1. The minimum Gasteiger partial charge on any atom is -0.364 e. The lowest BCUT2D eigenvalue weighted by Gasteiger charge is -2.17. The van der Waals surface area contributed by atoms with Gasteiger partial charge < -0.3 is 10.6 Å². The molecule has 0 unspecified atom stereocenters. The summed E-state index contributed by atoms with van der Waals surface area (Å²) >= 11 is 3.24. The minimum atomic E-state index is -0.357. The van der Waals surface area contributed by atoms with Crippen LogP contribution in [0.2, 0.25) is 0 Å². The second kappa shape index (κ2) is 4.39. The molecule has 0 amide bonds. The summed E-state index contributed by atoms with van der Waals surface area (Å²) < 4.78 is 0.714. The highest BCUT2D eigenvalue weighted by Crippen LogP contribution is 2.32. The lowest BCUT2D eigenvalue weighted by molar-refractivity contribution is -0.384. The Labute approximate surface area is 102 Å². The number of nitrogens with zero attached hydrogens (tertiary/aromatic N) is 2. The smallest absolute Gasteiger partial charge is 0.293 e. The van der Waals surface area contributed by atoms with Crippen molar-refractivity contribution in [3.05, 3.63) is 32.8 Å². The van der Waals surface area contributed by atoms with E-state index in [2.05, 4.69) is 15.9 Å². The fourth-order valence-corrected chi connectivity index (χ4v) is 2.27. The molecule has 6 heteroatoms. The number of rotatable bonds is 2. The van der Waals surface area contributed by atoms with E-state index in [0.29, 0.717) is 16.7 Å². The number of anilines is 1. The van der Waals surface area contributed by atoms with Gasteiger partial charge in [-0.2, -0.15) is 0 Å². The zero-order valence-corrected chi connectivity index (χ0v) is 10.2. The molecule has 5 nitrogen and oxygen atoms in total. The van der Waals surface area contributed by atoms with Gasteiger partial charge in [-0.15, -0.1) is 0 Å². The van der Waals surface area contributed by atoms with Crippen LogP contribution >= 0.6 is 15.9 Å². The molecule has 86 valence electrons. The van der Waals surface area contributed by atoms with Crippen LogP contribution < -0.4 is 10.6 Å². The van der Waals surface area contributed by atoms with Crippen molar-refractivity contribution in [2.75, 3.05) is 18.0 Å². The molecule has 2 rings (SSSR count). The molecule has 1 heterocycles. The summed E-state index contributed by atoms with van der Waals surface area (Å²) in [6.45, 7) is 1.46. The standard InChI is InChI=1S/C10H12BrN3O2/c11-7-1-2-9(10(5-7)14(15)16)13-4-3-8(12)6-13/h1-2,5,8H,3-4,6,12H2/t8-/m1/s1. The van der Waals surface area contributed by atoms with E-state index in [0.717, 1.165) is 13.0 Å². The lowest BCUT2D eigenvalue weighted by Crippen LogP contribution is -2.26. The van der Waals surface area contributed by atoms with Crippen molar-refractivity contribution in [3.63, 3.8) is 0 Å². The van der Waals surface area contributed by atoms with Gasteiger partial charge in [0.25, 0.3) is 5.69 Å². The first-order valence-electron chi connectivity index (χ1n) is 5.02. The normalized spacial score (nSPS) is 20.1. The van der Waals surface area contributed by atoms with Crippen molar-refractivity contribution in [1.29, 1.82) is 0 Å². The zero-order chi connectivity index (χ0) is 11.7. The molecule has 1 fully saturated rings. The molecule has 0 saturated carbocycles. The molecule has 0 bridgehead atoms. The summed E-state index contributed by atoms with van der Waals surface area (Å²) in [5, 5.41) is 10.9. The molecule has 1 saturated heterocycles. The van der Waals surface area contributed by atoms with E-state index in [-0.39, 0.29) is 16.7 Å². The molecule has 1 aromatic rings. The second-order valence-electron chi connectivity index (χ2n) is 3.88. The highest BCUT2D eigenvalue weighted by atomic mass is 79.9. The van der Waals surface area contributed by atoms with E-state index in [9.17, 15) is 10.1 Å². The Bertz CT molecular complexity index is 425. The molecule has 1 atom stereocenters. The van der Waals surface area contributed by atoms with Crippen molar-refractivity contribution in [2.24, 2.45) is 5.73 Å². The molecular formula is C10H12BrN3O2. The summed E-state index contributed by atoms with van der Waals surface area (Å²) in [6, 6.07) is 5.22. The van der Waals surface area contributed by atoms with Crippen LogP contribution in [0.15, 0.2) is 22.7 Å². The lowest BCUT2D eigenvalue weighted by atomic mass is 10.2. The molecule has 0 aliphatic carbocycles. The Hall–Kier alpha value is -1.14. The molecule has 16 heavy (non-hydrogen) atoms. The fraction of sp³-hybridized carbons (Fsp3) is 0.400.